The van der Waals surface area contributed by atoms with Crippen molar-refractivity contribution < 1.29 is 56.7 Å². The molecule has 20 heteroatoms. The maximum absolute atomic E-state index is 14.3. The molecule has 2 heterocycles. The predicted molar refractivity (Wildman–Crippen MR) is 277 cm³/mol. The van der Waals surface area contributed by atoms with E-state index in [2.05, 4.69) is 31.0 Å². The van der Waals surface area contributed by atoms with Gasteiger partial charge in [0.05, 0.1) is 43.9 Å². The number of carbonyl (C=O) groups is 4. The molecule has 0 fully saturated rings. The highest BCUT2D eigenvalue weighted by atomic mass is 35.5. The van der Waals surface area contributed by atoms with Crippen molar-refractivity contribution in [3.8, 4) is 34.0 Å². The smallest absolute Gasteiger partial charge is 0.314 e. The monoisotopic (exact) mass is 1060 g/mol. The van der Waals surface area contributed by atoms with Crippen LogP contribution < -0.4 is 20.1 Å². The molecule has 0 aliphatic heterocycles. The summed E-state index contributed by atoms with van der Waals surface area (Å²) in [5.74, 6) is -2.44. The van der Waals surface area contributed by atoms with Crippen LogP contribution in [0.15, 0.2) is 97.1 Å². The minimum Gasteiger partial charge on any atom is -0.481 e. The zero-order valence-corrected chi connectivity index (χ0v) is 43.8. The molecule has 6 aromatic rings. The van der Waals surface area contributed by atoms with Crippen LogP contribution in [0.1, 0.15) is 79.6 Å². The fourth-order valence-corrected chi connectivity index (χ4v) is 8.59. The molecule has 0 saturated carbocycles. The number of benzene rings is 4. The number of H-pyrrole nitrogens is 2. The minimum atomic E-state index is -1.24. The van der Waals surface area contributed by atoms with Gasteiger partial charge >= 0.3 is 11.9 Å². The third kappa shape index (κ3) is 16.3. The Morgan fingerprint density at radius 1 is 0.622 bits per heavy atom. The number of carboxylic acid groups (broad SMARTS) is 1. The number of hydrogen-bond donors (Lipinski definition) is 5. The molecular formula is C54H62Cl2F2N6O10. The molecule has 2 aromatic heterocycles. The van der Waals surface area contributed by atoms with E-state index >= 15 is 0 Å². The molecule has 2 amide bonds. The van der Waals surface area contributed by atoms with Gasteiger partial charge in [-0.2, -0.15) is 0 Å². The Balaban J connectivity index is 0.000000274. The van der Waals surface area contributed by atoms with E-state index in [9.17, 15) is 33.1 Å². The van der Waals surface area contributed by atoms with Crippen LogP contribution in [0, 0.1) is 22.5 Å². The number of rotatable bonds is 25. The highest BCUT2D eigenvalue weighted by Crippen LogP contribution is 2.32. The van der Waals surface area contributed by atoms with Crippen LogP contribution in [0.2, 0.25) is 10.0 Å². The van der Waals surface area contributed by atoms with Crippen molar-refractivity contribution in [2.75, 3.05) is 47.3 Å². The van der Waals surface area contributed by atoms with E-state index in [4.69, 9.17) is 46.9 Å². The summed E-state index contributed by atoms with van der Waals surface area (Å²) in [6.45, 7) is 9.82. The number of aliphatic carboxylic acids is 1. The molecule has 0 unspecified atom stereocenters. The van der Waals surface area contributed by atoms with Gasteiger partial charge in [-0.1, -0.05) is 71.7 Å². The SMILES string of the molecule is CCOC(=O)[C@](C)(COC)C[C@@H](Cc1ccc(-c2cc(Cl)ccc2F)cc1)NC(=O)c1cc(OCC)n[nH]1.CCOc1cc(C(=O)N[C@H](Cc2ccc(-c3cc(Cl)ccc3F)cc2)C[C@@](C)(COC)C(=O)O)[nH]n1. The second kappa shape index (κ2) is 27.4. The quantitative estimate of drug-likeness (QED) is 0.0339. The Kier molecular flexibility index (Phi) is 21.5. The number of aromatic amines is 2. The number of amides is 2. The third-order valence-electron chi connectivity index (χ3n) is 11.8. The normalized spacial score (nSPS) is 13.5. The summed E-state index contributed by atoms with van der Waals surface area (Å²) in [6.07, 6.45) is 1.10. The second-order valence-electron chi connectivity index (χ2n) is 17.9. The van der Waals surface area contributed by atoms with Crippen molar-refractivity contribution in [3.05, 3.63) is 141 Å². The van der Waals surface area contributed by atoms with Crippen LogP contribution in [0.4, 0.5) is 8.78 Å². The van der Waals surface area contributed by atoms with Gasteiger partial charge in [0.2, 0.25) is 11.8 Å². The molecule has 0 saturated heterocycles. The van der Waals surface area contributed by atoms with Crippen molar-refractivity contribution in [2.24, 2.45) is 10.8 Å². The van der Waals surface area contributed by atoms with Gasteiger partial charge in [-0.25, -0.2) is 8.78 Å². The summed E-state index contributed by atoms with van der Waals surface area (Å²) in [4.78, 5) is 50.8. The lowest BCUT2D eigenvalue weighted by atomic mass is 9.82. The molecule has 6 rings (SSSR count). The standard InChI is InChI=1S/C28H33ClFN3O5.C26H29ClFN3O5/c1-5-37-25-15-24(32-33-25)26(34)31-21(16-28(3,17-36-4)27(35)38-6-2)13-18-7-9-19(10-8-18)22-14-20(29)11-12-23(22)30;1-4-36-23-13-22(30-31-23)24(32)29-19(14-26(2,15-35-3)25(33)34)11-16-5-7-17(8-6-16)20-12-18(27)9-10-21(20)28/h7-12,14-15,21H,5-6,13,16-17H2,1-4H3,(H,31,34)(H,32,33);5-10,12-13,19H,4,11,14-15H2,1-3H3,(H,29,32)(H,30,31)(H,33,34)/t21-,28+;19-,26+/m11/s1. The molecular weight excluding hydrogens is 1000 g/mol. The van der Waals surface area contributed by atoms with Gasteiger partial charge in [-0.3, -0.25) is 29.4 Å². The number of nitrogens with zero attached hydrogens (tertiary/aromatic N) is 2. The molecule has 16 nitrogen and oxygen atoms in total. The molecule has 0 spiro atoms. The first-order valence-corrected chi connectivity index (χ1v) is 24.5. The van der Waals surface area contributed by atoms with Gasteiger partial charge < -0.3 is 39.4 Å². The van der Waals surface area contributed by atoms with Crippen molar-refractivity contribution >= 4 is 47.0 Å². The lowest BCUT2D eigenvalue weighted by Crippen LogP contribution is -2.45. The van der Waals surface area contributed by atoms with Crippen LogP contribution in [0.5, 0.6) is 11.8 Å². The Bertz CT molecular complexity index is 2810. The van der Waals surface area contributed by atoms with Crippen LogP contribution >= 0.6 is 23.2 Å². The Morgan fingerprint density at radius 3 is 1.41 bits per heavy atom. The first-order valence-electron chi connectivity index (χ1n) is 23.8. The van der Waals surface area contributed by atoms with Crippen molar-refractivity contribution in [1.29, 1.82) is 0 Å². The predicted octanol–water partition coefficient (Wildman–Crippen LogP) is 9.95. The minimum absolute atomic E-state index is 0.0275. The van der Waals surface area contributed by atoms with Crippen LogP contribution in [-0.4, -0.2) is 109 Å². The molecule has 4 aromatic carbocycles. The number of esters is 1. The molecule has 74 heavy (non-hydrogen) atoms. The molecule has 0 aliphatic rings. The molecule has 0 radical (unpaired) electrons. The van der Waals surface area contributed by atoms with Gasteiger partial charge in [-0.15, -0.1) is 10.2 Å². The average molecular weight is 1060 g/mol. The highest BCUT2D eigenvalue weighted by molar-refractivity contribution is 6.31. The molecule has 5 N–H and O–H groups in total. The summed E-state index contributed by atoms with van der Waals surface area (Å²) < 4.78 is 55.0. The van der Waals surface area contributed by atoms with Gasteiger partial charge in [0.1, 0.15) is 23.0 Å². The van der Waals surface area contributed by atoms with E-state index < -0.39 is 46.7 Å². The number of carboxylic acids is 1. The molecule has 0 bridgehead atoms. The van der Waals surface area contributed by atoms with E-state index in [1.54, 1.807) is 64.1 Å². The van der Waals surface area contributed by atoms with E-state index in [0.717, 1.165) is 11.1 Å². The summed E-state index contributed by atoms with van der Waals surface area (Å²) >= 11 is 12.1. The van der Waals surface area contributed by atoms with Gasteiger partial charge in [0.15, 0.2) is 0 Å². The molecule has 0 aliphatic carbocycles. The summed E-state index contributed by atoms with van der Waals surface area (Å²) in [6, 6.07) is 25.2. The number of hydrogen-bond acceptors (Lipinski definition) is 11. The van der Waals surface area contributed by atoms with E-state index in [0.29, 0.717) is 64.2 Å². The average Bonchev–Trinajstić information content (AvgIpc) is 4.05. The number of methoxy groups -OCH3 is 2. The summed E-state index contributed by atoms with van der Waals surface area (Å²) in [7, 11) is 2.95. The van der Waals surface area contributed by atoms with E-state index in [1.165, 1.54) is 50.6 Å². The second-order valence-corrected chi connectivity index (χ2v) is 18.8. The van der Waals surface area contributed by atoms with Gasteiger partial charge in [-0.05, 0) is 119 Å². The van der Waals surface area contributed by atoms with E-state index in [1.807, 2.05) is 31.2 Å². The third-order valence-corrected chi connectivity index (χ3v) is 12.3. The zero-order chi connectivity index (χ0) is 54.0. The summed E-state index contributed by atoms with van der Waals surface area (Å²) in [5.41, 5.74) is 1.99. The number of halogens is 4. The van der Waals surface area contributed by atoms with Crippen LogP contribution in [0.3, 0.4) is 0 Å². The van der Waals surface area contributed by atoms with E-state index in [-0.39, 0.29) is 61.6 Å². The number of ether oxygens (including phenoxy) is 5. The summed E-state index contributed by atoms with van der Waals surface area (Å²) in [5, 5.41) is 29.8. The first kappa shape index (κ1) is 58.0. The van der Waals surface area contributed by atoms with Crippen LogP contribution in [-0.2, 0) is 36.6 Å². The number of carbonyl (C=O) groups excluding carboxylic acids is 3. The maximum Gasteiger partial charge on any atom is 0.314 e. The lowest BCUT2D eigenvalue weighted by Gasteiger charge is -2.31. The van der Waals surface area contributed by atoms with Crippen molar-refractivity contribution in [2.45, 2.75) is 72.4 Å². The number of nitrogens with one attached hydrogen (secondary N) is 4. The number of aromatic nitrogens is 4. The van der Waals surface area contributed by atoms with Gasteiger partial charge in [0, 0.05) is 59.6 Å². The lowest BCUT2D eigenvalue weighted by molar-refractivity contribution is -0.158. The first-order chi connectivity index (χ1) is 35.3. The maximum atomic E-state index is 14.3. The van der Waals surface area contributed by atoms with Crippen molar-refractivity contribution in [3.63, 3.8) is 0 Å². The Morgan fingerprint density at radius 2 is 1.03 bits per heavy atom. The highest BCUT2D eigenvalue weighted by Gasteiger charge is 2.39. The fourth-order valence-electron chi connectivity index (χ4n) is 8.24. The van der Waals surface area contributed by atoms with Crippen LogP contribution in [0.25, 0.3) is 22.3 Å². The molecule has 396 valence electrons. The Labute approximate surface area is 438 Å². The van der Waals surface area contributed by atoms with Crippen molar-refractivity contribution in [1.82, 2.24) is 31.0 Å². The zero-order valence-electron chi connectivity index (χ0n) is 42.3. The van der Waals surface area contributed by atoms with Gasteiger partial charge in [0.25, 0.3) is 11.8 Å². The topological polar surface area (TPSA) is 216 Å². The largest absolute Gasteiger partial charge is 0.481 e. The Hall–Kier alpha value is -6.86. The fraction of sp³-hybridized carbons (Fsp3) is 0.370. The molecule has 4 atom stereocenters.